The number of carbonyl (C=O) groups excluding carboxylic acids is 2. The van der Waals surface area contributed by atoms with Gasteiger partial charge in [0.05, 0.1) is 11.8 Å². The van der Waals surface area contributed by atoms with Crippen LogP contribution in [0.25, 0.3) is 10.9 Å². The van der Waals surface area contributed by atoms with Crippen LogP contribution >= 0.6 is 0 Å². The minimum absolute atomic E-state index is 0.343. The van der Waals surface area contributed by atoms with Gasteiger partial charge in [-0.05, 0) is 31.3 Å². The number of aromatic nitrogens is 1. The second-order valence-corrected chi connectivity index (χ2v) is 6.02. The second-order valence-electron chi connectivity index (χ2n) is 6.02. The number of H-pyrrole nitrogens is 1. The van der Waals surface area contributed by atoms with Crippen LogP contribution in [0.1, 0.15) is 21.6 Å². The monoisotopic (exact) mass is 363 g/mol. The highest BCUT2D eigenvalue weighted by Crippen LogP contribution is 2.30. The summed E-state index contributed by atoms with van der Waals surface area (Å²) in [4.78, 5) is 27.8. The molecule has 1 aliphatic heterocycles. The standard InChI is InChI=1S/C19H17N5O3/c1-20-10-16-14-9-21-24-18(25)13-7-11(8-15(23-16)17(13)14)22-19(26)27-12-5-3-2-4-6-12/h2-9,20,23H,10H2,1H3,(H,22,26)(H,24,25). The van der Waals surface area contributed by atoms with Crippen molar-refractivity contribution in [3.8, 4) is 5.75 Å². The lowest BCUT2D eigenvalue weighted by atomic mass is 10.0. The van der Waals surface area contributed by atoms with Crippen LogP contribution < -0.4 is 20.8 Å². The quantitative estimate of drug-likeness (QED) is 0.571. The van der Waals surface area contributed by atoms with Crippen molar-refractivity contribution < 1.29 is 14.3 Å². The van der Waals surface area contributed by atoms with Crippen molar-refractivity contribution in [2.75, 3.05) is 12.4 Å². The summed E-state index contributed by atoms with van der Waals surface area (Å²) < 4.78 is 5.24. The van der Waals surface area contributed by atoms with Crippen LogP contribution in [0.2, 0.25) is 0 Å². The van der Waals surface area contributed by atoms with Crippen LogP contribution in [-0.4, -0.2) is 30.2 Å². The number of nitrogens with zero attached hydrogens (tertiary/aromatic N) is 1. The summed E-state index contributed by atoms with van der Waals surface area (Å²) in [5.41, 5.74) is 5.82. The molecule has 1 aliphatic rings. The van der Waals surface area contributed by atoms with Gasteiger partial charge in [-0.3, -0.25) is 10.1 Å². The smallest absolute Gasteiger partial charge is 0.410 e. The van der Waals surface area contributed by atoms with Gasteiger partial charge in [-0.15, -0.1) is 0 Å². The summed E-state index contributed by atoms with van der Waals surface area (Å²) in [5.74, 6) is 0.0870. The van der Waals surface area contributed by atoms with E-state index in [2.05, 4.69) is 26.1 Å². The fourth-order valence-electron chi connectivity index (χ4n) is 3.08. The summed E-state index contributed by atoms with van der Waals surface area (Å²) in [6.45, 7) is 0.586. The molecule has 2 heterocycles. The first-order valence-electron chi connectivity index (χ1n) is 8.36. The zero-order chi connectivity index (χ0) is 18.8. The Balaban J connectivity index is 1.70. The Morgan fingerprint density at radius 3 is 2.81 bits per heavy atom. The number of amides is 2. The zero-order valence-electron chi connectivity index (χ0n) is 14.5. The summed E-state index contributed by atoms with van der Waals surface area (Å²) in [6, 6.07) is 12.1. The molecular weight excluding hydrogens is 346 g/mol. The number of nitrogens with one attached hydrogen (secondary N) is 4. The van der Waals surface area contributed by atoms with Crippen molar-refractivity contribution in [2.24, 2.45) is 5.10 Å². The average Bonchev–Trinajstić information content (AvgIpc) is 2.89. The molecule has 3 aromatic rings. The van der Waals surface area contributed by atoms with E-state index in [4.69, 9.17) is 4.74 Å². The fraction of sp³-hybridized carbons (Fsp3) is 0.105. The Labute approximate surface area is 154 Å². The number of hydrazone groups is 1. The highest BCUT2D eigenvalue weighted by molar-refractivity contribution is 6.16. The minimum atomic E-state index is -0.639. The molecule has 1 aromatic heterocycles. The van der Waals surface area contributed by atoms with Gasteiger partial charge in [0.25, 0.3) is 5.91 Å². The van der Waals surface area contributed by atoms with Crippen LogP contribution in [0.15, 0.2) is 47.6 Å². The number of hydrogen-bond donors (Lipinski definition) is 4. The Bertz CT molecular complexity index is 1060. The van der Waals surface area contributed by atoms with E-state index in [1.807, 2.05) is 13.1 Å². The van der Waals surface area contributed by atoms with E-state index in [9.17, 15) is 9.59 Å². The third-order valence-electron chi connectivity index (χ3n) is 4.18. The van der Waals surface area contributed by atoms with Crippen molar-refractivity contribution in [1.82, 2.24) is 15.7 Å². The van der Waals surface area contributed by atoms with Crippen molar-refractivity contribution in [3.63, 3.8) is 0 Å². The molecule has 136 valence electrons. The van der Waals surface area contributed by atoms with Crippen molar-refractivity contribution in [2.45, 2.75) is 6.54 Å². The topological polar surface area (TPSA) is 108 Å². The molecule has 8 nitrogen and oxygen atoms in total. The number of rotatable bonds is 4. The molecule has 0 radical (unpaired) electrons. The van der Waals surface area contributed by atoms with E-state index in [-0.39, 0.29) is 5.91 Å². The average molecular weight is 363 g/mol. The van der Waals surface area contributed by atoms with Gasteiger partial charge in [-0.1, -0.05) is 18.2 Å². The first-order valence-corrected chi connectivity index (χ1v) is 8.36. The number of aromatic amines is 1. The van der Waals surface area contributed by atoms with Gasteiger partial charge in [0, 0.05) is 34.4 Å². The molecule has 4 rings (SSSR count). The molecule has 0 bridgehead atoms. The van der Waals surface area contributed by atoms with Crippen molar-refractivity contribution in [1.29, 1.82) is 0 Å². The SMILES string of the molecule is CNCc1[nH]c2cc(NC(=O)Oc3ccccc3)cc3c2c1C=NNC3=O. The number of hydrogen-bond acceptors (Lipinski definition) is 5. The van der Waals surface area contributed by atoms with E-state index in [0.29, 0.717) is 23.5 Å². The largest absolute Gasteiger partial charge is 0.417 e. The molecule has 0 saturated heterocycles. The molecule has 8 heteroatoms. The lowest BCUT2D eigenvalue weighted by Gasteiger charge is -2.09. The predicted octanol–water partition coefficient (Wildman–Crippen LogP) is 2.58. The Kier molecular flexibility index (Phi) is 4.31. The van der Waals surface area contributed by atoms with Gasteiger partial charge in [0.1, 0.15) is 5.75 Å². The van der Waals surface area contributed by atoms with Crippen LogP contribution in [-0.2, 0) is 6.54 Å². The number of benzene rings is 2. The van der Waals surface area contributed by atoms with Gasteiger partial charge < -0.3 is 15.0 Å². The van der Waals surface area contributed by atoms with Gasteiger partial charge in [-0.25, -0.2) is 10.2 Å². The maximum absolute atomic E-state index is 12.4. The zero-order valence-corrected chi connectivity index (χ0v) is 14.5. The molecule has 2 amide bonds. The maximum atomic E-state index is 12.4. The highest BCUT2D eigenvalue weighted by atomic mass is 16.6. The van der Waals surface area contributed by atoms with Crippen LogP contribution in [0.4, 0.5) is 10.5 Å². The summed E-state index contributed by atoms with van der Waals surface area (Å²) in [5, 5.41) is 10.5. The summed E-state index contributed by atoms with van der Waals surface area (Å²) in [6.07, 6.45) is 0.983. The van der Waals surface area contributed by atoms with Crippen molar-refractivity contribution >= 4 is 34.8 Å². The third-order valence-corrected chi connectivity index (χ3v) is 4.18. The van der Waals surface area contributed by atoms with Gasteiger partial charge in [0.15, 0.2) is 0 Å². The lowest BCUT2D eigenvalue weighted by Crippen LogP contribution is -2.19. The number of ether oxygens (including phenoxy) is 1. The van der Waals surface area contributed by atoms with E-state index in [0.717, 1.165) is 22.2 Å². The Morgan fingerprint density at radius 1 is 1.22 bits per heavy atom. The molecule has 4 N–H and O–H groups in total. The summed E-state index contributed by atoms with van der Waals surface area (Å²) in [7, 11) is 1.84. The number of para-hydroxylation sites is 1. The molecule has 0 saturated carbocycles. The van der Waals surface area contributed by atoms with E-state index in [1.54, 1.807) is 42.6 Å². The van der Waals surface area contributed by atoms with Crippen LogP contribution in [0.5, 0.6) is 5.75 Å². The van der Waals surface area contributed by atoms with Gasteiger partial charge >= 0.3 is 6.09 Å². The molecular formula is C19H17N5O3. The minimum Gasteiger partial charge on any atom is -0.410 e. The predicted molar refractivity (Wildman–Crippen MR) is 102 cm³/mol. The summed E-state index contributed by atoms with van der Waals surface area (Å²) >= 11 is 0. The Hall–Kier alpha value is -3.65. The third kappa shape index (κ3) is 3.25. The molecule has 0 spiro atoms. The maximum Gasteiger partial charge on any atom is 0.417 e. The fourth-order valence-corrected chi connectivity index (χ4v) is 3.08. The van der Waals surface area contributed by atoms with Gasteiger partial charge in [0.2, 0.25) is 0 Å². The van der Waals surface area contributed by atoms with E-state index < -0.39 is 6.09 Å². The molecule has 0 fully saturated rings. The van der Waals surface area contributed by atoms with E-state index in [1.165, 1.54) is 0 Å². The highest BCUT2D eigenvalue weighted by Gasteiger charge is 2.21. The second kappa shape index (κ2) is 6.93. The molecule has 0 unspecified atom stereocenters. The molecule has 2 aromatic carbocycles. The van der Waals surface area contributed by atoms with Crippen molar-refractivity contribution in [3.05, 3.63) is 59.3 Å². The molecule has 27 heavy (non-hydrogen) atoms. The lowest BCUT2D eigenvalue weighted by molar-refractivity contribution is 0.0957. The first kappa shape index (κ1) is 16.8. The number of anilines is 1. The molecule has 0 aliphatic carbocycles. The van der Waals surface area contributed by atoms with Crippen LogP contribution in [0.3, 0.4) is 0 Å². The van der Waals surface area contributed by atoms with E-state index >= 15 is 0 Å². The van der Waals surface area contributed by atoms with Crippen LogP contribution in [0, 0.1) is 0 Å². The first-order chi connectivity index (χ1) is 13.2. The molecule has 0 atom stereocenters. The number of carbonyl (C=O) groups is 2. The normalized spacial score (nSPS) is 12.6. The Morgan fingerprint density at radius 2 is 2.04 bits per heavy atom. The van der Waals surface area contributed by atoms with Gasteiger partial charge in [-0.2, -0.15) is 5.10 Å².